The molecule has 2 aromatic carbocycles. The number of anilines is 1. The molecule has 4 nitrogen and oxygen atoms in total. The molecule has 0 saturated heterocycles. The molecule has 5 heteroatoms. The Morgan fingerprint density at radius 2 is 1.95 bits per heavy atom. The lowest BCUT2D eigenvalue weighted by Gasteiger charge is -2.11. The minimum atomic E-state index is 0.359. The summed E-state index contributed by atoms with van der Waals surface area (Å²) in [6.45, 7) is 0.359. The number of rotatable bonds is 4. The van der Waals surface area contributed by atoms with E-state index >= 15 is 0 Å². The van der Waals surface area contributed by atoms with Gasteiger partial charge in [-0.25, -0.2) is 10.8 Å². The smallest absolute Gasteiger partial charge is 0.147 e. The van der Waals surface area contributed by atoms with Crippen LogP contribution >= 0.6 is 11.6 Å². The van der Waals surface area contributed by atoms with Crippen LogP contribution in [0, 0.1) is 0 Å². The van der Waals surface area contributed by atoms with E-state index in [1.807, 2.05) is 42.5 Å². The van der Waals surface area contributed by atoms with Crippen molar-refractivity contribution in [3.8, 4) is 5.75 Å². The summed E-state index contributed by atoms with van der Waals surface area (Å²) in [4.78, 5) is 4.48. The molecule has 0 saturated carbocycles. The Labute approximate surface area is 127 Å². The molecule has 0 aliphatic heterocycles. The number of hydrazine groups is 1. The van der Waals surface area contributed by atoms with Crippen molar-refractivity contribution in [1.82, 2.24) is 4.98 Å². The van der Waals surface area contributed by atoms with Gasteiger partial charge in [-0.15, -0.1) is 0 Å². The summed E-state index contributed by atoms with van der Waals surface area (Å²) < 4.78 is 5.74. The molecule has 3 rings (SSSR count). The Balaban J connectivity index is 1.88. The summed E-state index contributed by atoms with van der Waals surface area (Å²) in [6, 6.07) is 17.2. The van der Waals surface area contributed by atoms with Crippen molar-refractivity contribution in [2.45, 2.75) is 6.61 Å². The zero-order valence-corrected chi connectivity index (χ0v) is 12.0. The summed E-state index contributed by atoms with van der Waals surface area (Å²) in [7, 11) is 0. The third-order valence-electron chi connectivity index (χ3n) is 3.13. The number of nitrogens with two attached hydrogens (primary N) is 1. The Morgan fingerprint density at radius 1 is 1.10 bits per heavy atom. The van der Waals surface area contributed by atoms with E-state index in [1.165, 1.54) is 0 Å². The number of halogens is 1. The lowest BCUT2D eigenvalue weighted by molar-refractivity contribution is 0.306. The van der Waals surface area contributed by atoms with E-state index in [0.717, 1.165) is 16.5 Å². The highest BCUT2D eigenvalue weighted by atomic mass is 35.5. The molecule has 3 N–H and O–H groups in total. The maximum Gasteiger partial charge on any atom is 0.147 e. The molecule has 106 valence electrons. The minimum Gasteiger partial charge on any atom is -0.489 e. The second kappa shape index (κ2) is 5.99. The van der Waals surface area contributed by atoms with Crippen LogP contribution in [0.2, 0.25) is 5.02 Å². The molecule has 3 aromatic rings. The fourth-order valence-electron chi connectivity index (χ4n) is 2.11. The second-order valence-electron chi connectivity index (χ2n) is 4.58. The molecule has 1 heterocycles. The predicted octanol–water partition coefficient (Wildman–Crippen LogP) is 3.75. The molecule has 0 amide bonds. The standard InChI is InChI=1S/C16H14ClN3O/c17-13-5-3-6-14(9-13)21-10-12-8-11-4-1-2-7-15(11)19-16(12)20-18/h1-9H,10,18H2,(H,19,20). The first kappa shape index (κ1) is 13.7. The number of pyridine rings is 1. The summed E-state index contributed by atoms with van der Waals surface area (Å²) >= 11 is 5.94. The maximum absolute atomic E-state index is 5.94. The van der Waals surface area contributed by atoms with Crippen molar-refractivity contribution in [3.63, 3.8) is 0 Å². The van der Waals surface area contributed by atoms with Gasteiger partial charge in [0.25, 0.3) is 0 Å². The number of para-hydroxylation sites is 1. The van der Waals surface area contributed by atoms with E-state index in [1.54, 1.807) is 12.1 Å². The molecule has 0 bridgehead atoms. The third kappa shape index (κ3) is 3.07. The molecule has 0 aliphatic carbocycles. The highest BCUT2D eigenvalue weighted by molar-refractivity contribution is 6.30. The summed E-state index contributed by atoms with van der Waals surface area (Å²) in [5, 5.41) is 1.68. The average molecular weight is 300 g/mol. The number of hydrogen-bond donors (Lipinski definition) is 2. The fraction of sp³-hybridized carbons (Fsp3) is 0.0625. The van der Waals surface area contributed by atoms with Gasteiger partial charge >= 0.3 is 0 Å². The first-order chi connectivity index (χ1) is 10.3. The molecule has 0 fully saturated rings. The third-order valence-corrected chi connectivity index (χ3v) is 3.37. The molecule has 0 atom stereocenters. The summed E-state index contributed by atoms with van der Waals surface area (Å²) in [5.74, 6) is 6.86. The number of aromatic nitrogens is 1. The van der Waals surface area contributed by atoms with Gasteiger partial charge in [0, 0.05) is 16.0 Å². The van der Waals surface area contributed by atoms with Gasteiger partial charge < -0.3 is 10.2 Å². The van der Waals surface area contributed by atoms with Crippen LogP contribution in [0.4, 0.5) is 5.82 Å². The van der Waals surface area contributed by atoms with E-state index < -0.39 is 0 Å². The normalized spacial score (nSPS) is 10.6. The van der Waals surface area contributed by atoms with Crippen molar-refractivity contribution >= 4 is 28.3 Å². The van der Waals surface area contributed by atoms with Crippen molar-refractivity contribution in [2.75, 3.05) is 5.43 Å². The minimum absolute atomic E-state index is 0.359. The van der Waals surface area contributed by atoms with Gasteiger partial charge in [0.1, 0.15) is 18.2 Å². The maximum atomic E-state index is 5.94. The van der Waals surface area contributed by atoms with Crippen molar-refractivity contribution < 1.29 is 4.74 Å². The second-order valence-corrected chi connectivity index (χ2v) is 5.02. The first-order valence-electron chi connectivity index (χ1n) is 6.50. The van der Waals surface area contributed by atoms with Crippen LogP contribution in [0.15, 0.2) is 54.6 Å². The number of benzene rings is 2. The molecular weight excluding hydrogens is 286 g/mol. The number of nitrogens with zero attached hydrogens (tertiary/aromatic N) is 1. The van der Waals surface area contributed by atoms with Gasteiger partial charge in [-0.1, -0.05) is 35.9 Å². The highest BCUT2D eigenvalue weighted by Crippen LogP contribution is 2.23. The van der Waals surface area contributed by atoms with Crippen LogP contribution in [0.3, 0.4) is 0 Å². The van der Waals surface area contributed by atoms with E-state index in [2.05, 4.69) is 10.4 Å². The lowest BCUT2D eigenvalue weighted by Crippen LogP contribution is -2.12. The molecule has 0 aliphatic rings. The lowest BCUT2D eigenvalue weighted by atomic mass is 10.1. The van der Waals surface area contributed by atoms with Gasteiger partial charge in [0.15, 0.2) is 0 Å². The summed E-state index contributed by atoms with van der Waals surface area (Å²) in [5.41, 5.74) is 4.39. The van der Waals surface area contributed by atoms with Gasteiger partial charge in [-0.05, 0) is 30.3 Å². The van der Waals surface area contributed by atoms with Crippen LogP contribution in [0.25, 0.3) is 10.9 Å². The average Bonchev–Trinajstić information content (AvgIpc) is 2.52. The number of ether oxygens (including phenoxy) is 1. The number of nitrogen functional groups attached to an aromatic ring is 1. The Kier molecular flexibility index (Phi) is 3.90. The van der Waals surface area contributed by atoms with Crippen molar-refractivity contribution in [1.29, 1.82) is 0 Å². The van der Waals surface area contributed by atoms with Crippen LogP contribution in [0.1, 0.15) is 5.56 Å². The Hall–Kier alpha value is -2.30. The predicted molar refractivity (Wildman–Crippen MR) is 85.3 cm³/mol. The molecule has 0 radical (unpaired) electrons. The number of fused-ring (bicyclic) bond motifs is 1. The quantitative estimate of drug-likeness (QED) is 0.569. The number of nitrogens with one attached hydrogen (secondary N) is 1. The van der Waals surface area contributed by atoms with E-state index in [4.69, 9.17) is 22.2 Å². The van der Waals surface area contributed by atoms with Crippen LogP contribution < -0.4 is 16.0 Å². The van der Waals surface area contributed by atoms with Crippen LogP contribution in [-0.4, -0.2) is 4.98 Å². The van der Waals surface area contributed by atoms with E-state index in [-0.39, 0.29) is 0 Å². The molecule has 0 unspecified atom stereocenters. The van der Waals surface area contributed by atoms with Crippen molar-refractivity contribution in [2.24, 2.45) is 5.84 Å². The van der Waals surface area contributed by atoms with Crippen LogP contribution in [0.5, 0.6) is 5.75 Å². The zero-order valence-electron chi connectivity index (χ0n) is 11.2. The van der Waals surface area contributed by atoms with Crippen molar-refractivity contribution in [3.05, 3.63) is 65.2 Å². The van der Waals surface area contributed by atoms with Gasteiger partial charge in [0.2, 0.25) is 0 Å². The zero-order chi connectivity index (χ0) is 14.7. The highest BCUT2D eigenvalue weighted by Gasteiger charge is 2.07. The van der Waals surface area contributed by atoms with Crippen LogP contribution in [-0.2, 0) is 6.61 Å². The Morgan fingerprint density at radius 3 is 2.76 bits per heavy atom. The molecule has 21 heavy (non-hydrogen) atoms. The van der Waals surface area contributed by atoms with Gasteiger partial charge in [-0.3, -0.25) is 0 Å². The SMILES string of the molecule is NNc1nc2ccccc2cc1COc1cccc(Cl)c1. The monoisotopic (exact) mass is 299 g/mol. The molecular formula is C16H14ClN3O. The van der Waals surface area contributed by atoms with E-state index in [0.29, 0.717) is 23.2 Å². The molecule has 1 aromatic heterocycles. The summed E-state index contributed by atoms with van der Waals surface area (Å²) in [6.07, 6.45) is 0. The fourth-order valence-corrected chi connectivity index (χ4v) is 2.29. The number of hydrogen-bond acceptors (Lipinski definition) is 4. The largest absolute Gasteiger partial charge is 0.489 e. The van der Waals surface area contributed by atoms with E-state index in [9.17, 15) is 0 Å². The van der Waals surface area contributed by atoms with Gasteiger partial charge in [-0.2, -0.15) is 0 Å². The molecule has 0 spiro atoms. The first-order valence-corrected chi connectivity index (χ1v) is 6.88. The van der Waals surface area contributed by atoms with Gasteiger partial charge in [0.05, 0.1) is 5.52 Å². The Bertz CT molecular complexity index is 776. The topological polar surface area (TPSA) is 60.2 Å².